The van der Waals surface area contributed by atoms with E-state index in [1.165, 1.54) is 0 Å². The van der Waals surface area contributed by atoms with E-state index < -0.39 is 0 Å². The maximum Gasteiger partial charge on any atom is 0.253 e. The molecule has 0 aromatic heterocycles. The molecule has 1 aliphatic rings. The van der Waals surface area contributed by atoms with Gasteiger partial charge in [0.1, 0.15) is 0 Å². The highest BCUT2D eigenvalue weighted by Crippen LogP contribution is 2.29. The lowest BCUT2D eigenvalue weighted by Gasteiger charge is -2.32. The Morgan fingerprint density at radius 2 is 1.77 bits per heavy atom. The van der Waals surface area contributed by atoms with Crippen LogP contribution in [0.15, 0.2) is 48.5 Å². The molecule has 0 radical (unpaired) electrons. The number of carbonyl (C=O) groups is 2. The molecule has 6 heteroatoms. The number of piperidine rings is 1. The lowest BCUT2D eigenvalue weighted by molar-refractivity contribution is 0.0697. The molecule has 1 fully saturated rings. The summed E-state index contributed by atoms with van der Waals surface area (Å²) in [7, 11) is 1.58. The molecule has 1 saturated heterocycles. The smallest absolute Gasteiger partial charge is 0.253 e. The summed E-state index contributed by atoms with van der Waals surface area (Å²) in [5.41, 5.74) is 1.24. The van der Waals surface area contributed by atoms with Gasteiger partial charge in [-0.2, -0.15) is 0 Å². The minimum absolute atomic E-state index is 0.0266. The Hall–Kier alpha value is -3.02. The zero-order chi connectivity index (χ0) is 21.3. The van der Waals surface area contributed by atoms with E-state index in [-0.39, 0.29) is 17.9 Å². The standard InChI is InChI=1S/C24H30N2O4/c1-3-4-16-30-21-11-10-19(17-22(21)29-2)24(28)26-14-12-20(13-15-26)25-23(27)18-8-6-5-7-9-18/h5-11,17,20H,3-4,12-16H2,1-2H3,(H,25,27). The first kappa shape index (κ1) is 21.7. The van der Waals surface area contributed by atoms with Crippen molar-refractivity contribution in [2.24, 2.45) is 0 Å². The highest BCUT2D eigenvalue weighted by Gasteiger charge is 2.25. The van der Waals surface area contributed by atoms with E-state index >= 15 is 0 Å². The molecule has 0 spiro atoms. The van der Waals surface area contributed by atoms with Crippen molar-refractivity contribution in [3.05, 3.63) is 59.7 Å². The van der Waals surface area contributed by atoms with Crippen LogP contribution in [0.2, 0.25) is 0 Å². The second-order valence-corrected chi connectivity index (χ2v) is 7.47. The summed E-state index contributed by atoms with van der Waals surface area (Å²) in [5.74, 6) is 1.14. The van der Waals surface area contributed by atoms with Crippen LogP contribution in [0.25, 0.3) is 0 Å². The van der Waals surface area contributed by atoms with Crippen LogP contribution in [0.3, 0.4) is 0 Å². The van der Waals surface area contributed by atoms with E-state index in [0.717, 1.165) is 25.7 Å². The number of nitrogens with one attached hydrogen (secondary N) is 1. The van der Waals surface area contributed by atoms with Crippen LogP contribution in [0, 0.1) is 0 Å². The van der Waals surface area contributed by atoms with Crippen molar-refractivity contribution in [3.63, 3.8) is 0 Å². The first-order valence-electron chi connectivity index (χ1n) is 10.6. The number of amides is 2. The van der Waals surface area contributed by atoms with Crippen LogP contribution in [-0.2, 0) is 0 Å². The number of carbonyl (C=O) groups excluding carboxylic acids is 2. The van der Waals surface area contributed by atoms with Gasteiger partial charge in [-0.15, -0.1) is 0 Å². The molecule has 30 heavy (non-hydrogen) atoms. The quantitative estimate of drug-likeness (QED) is 0.670. The fraction of sp³-hybridized carbons (Fsp3) is 0.417. The number of rotatable bonds is 8. The van der Waals surface area contributed by atoms with Gasteiger partial charge < -0.3 is 19.7 Å². The molecule has 1 N–H and O–H groups in total. The van der Waals surface area contributed by atoms with Crippen molar-refractivity contribution >= 4 is 11.8 Å². The van der Waals surface area contributed by atoms with Gasteiger partial charge in [0, 0.05) is 30.3 Å². The number of benzene rings is 2. The van der Waals surface area contributed by atoms with Gasteiger partial charge in [-0.05, 0) is 49.6 Å². The van der Waals surface area contributed by atoms with E-state index in [0.29, 0.717) is 42.3 Å². The van der Waals surface area contributed by atoms with Gasteiger partial charge in [-0.1, -0.05) is 31.5 Å². The maximum absolute atomic E-state index is 12.9. The summed E-state index contributed by atoms with van der Waals surface area (Å²) in [6.07, 6.45) is 3.50. The molecule has 0 aliphatic carbocycles. The van der Waals surface area contributed by atoms with E-state index in [4.69, 9.17) is 9.47 Å². The lowest BCUT2D eigenvalue weighted by Crippen LogP contribution is -2.46. The number of likely N-dealkylation sites (tertiary alicyclic amines) is 1. The molecule has 6 nitrogen and oxygen atoms in total. The highest BCUT2D eigenvalue weighted by molar-refractivity contribution is 5.95. The lowest BCUT2D eigenvalue weighted by atomic mass is 10.0. The van der Waals surface area contributed by atoms with Gasteiger partial charge in [0.2, 0.25) is 0 Å². The summed E-state index contributed by atoms with van der Waals surface area (Å²) in [5, 5.41) is 3.07. The normalized spacial score (nSPS) is 14.3. The Morgan fingerprint density at radius 3 is 2.43 bits per heavy atom. The van der Waals surface area contributed by atoms with Crippen molar-refractivity contribution in [2.45, 2.75) is 38.6 Å². The van der Waals surface area contributed by atoms with E-state index in [1.807, 2.05) is 23.1 Å². The fourth-order valence-corrected chi connectivity index (χ4v) is 3.51. The Kier molecular flexibility index (Phi) is 7.71. The van der Waals surface area contributed by atoms with Crippen molar-refractivity contribution in [1.29, 1.82) is 0 Å². The number of nitrogens with zero attached hydrogens (tertiary/aromatic N) is 1. The number of ether oxygens (including phenoxy) is 2. The third-order valence-corrected chi connectivity index (χ3v) is 5.32. The summed E-state index contributed by atoms with van der Waals surface area (Å²) in [6.45, 7) is 3.95. The predicted molar refractivity (Wildman–Crippen MR) is 116 cm³/mol. The van der Waals surface area contributed by atoms with E-state index in [9.17, 15) is 9.59 Å². The minimum atomic E-state index is -0.0659. The molecule has 2 amide bonds. The second-order valence-electron chi connectivity index (χ2n) is 7.47. The number of unbranched alkanes of at least 4 members (excludes halogenated alkanes) is 1. The van der Waals surface area contributed by atoms with Crippen molar-refractivity contribution < 1.29 is 19.1 Å². The topological polar surface area (TPSA) is 67.9 Å². The highest BCUT2D eigenvalue weighted by atomic mass is 16.5. The molecule has 3 rings (SSSR count). The summed E-state index contributed by atoms with van der Waals surface area (Å²) in [4.78, 5) is 27.1. The maximum atomic E-state index is 12.9. The molecule has 160 valence electrons. The van der Waals surface area contributed by atoms with Crippen molar-refractivity contribution in [3.8, 4) is 11.5 Å². The number of hydrogen-bond acceptors (Lipinski definition) is 4. The third kappa shape index (κ3) is 5.53. The van der Waals surface area contributed by atoms with Crippen LogP contribution in [-0.4, -0.2) is 49.6 Å². The Balaban J connectivity index is 1.55. The van der Waals surface area contributed by atoms with Gasteiger partial charge in [0.15, 0.2) is 11.5 Å². The molecule has 0 atom stereocenters. The fourth-order valence-electron chi connectivity index (χ4n) is 3.51. The van der Waals surface area contributed by atoms with Gasteiger partial charge in [0.05, 0.1) is 13.7 Å². The molecule has 0 saturated carbocycles. The second kappa shape index (κ2) is 10.7. The summed E-state index contributed by atoms with van der Waals surface area (Å²) < 4.78 is 11.2. The largest absolute Gasteiger partial charge is 0.493 e. The van der Waals surface area contributed by atoms with Crippen LogP contribution in [0.1, 0.15) is 53.3 Å². The zero-order valence-corrected chi connectivity index (χ0v) is 17.7. The van der Waals surface area contributed by atoms with Crippen molar-refractivity contribution in [1.82, 2.24) is 10.2 Å². The molecule has 1 aliphatic heterocycles. The first-order valence-corrected chi connectivity index (χ1v) is 10.6. The number of methoxy groups -OCH3 is 1. The van der Waals surface area contributed by atoms with E-state index in [1.54, 1.807) is 37.4 Å². The van der Waals surface area contributed by atoms with Crippen LogP contribution < -0.4 is 14.8 Å². The molecule has 1 heterocycles. The monoisotopic (exact) mass is 410 g/mol. The summed E-state index contributed by atoms with van der Waals surface area (Å²) in [6, 6.07) is 14.6. The summed E-state index contributed by atoms with van der Waals surface area (Å²) >= 11 is 0. The average Bonchev–Trinajstić information content (AvgIpc) is 2.80. The van der Waals surface area contributed by atoms with Crippen molar-refractivity contribution in [2.75, 3.05) is 26.8 Å². The molecular formula is C24H30N2O4. The molecular weight excluding hydrogens is 380 g/mol. The van der Waals surface area contributed by atoms with Gasteiger partial charge in [-0.3, -0.25) is 9.59 Å². The Morgan fingerprint density at radius 1 is 1.03 bits per heavy atom. The van der Waals surface area contributed by atoms with Gasteiger partial charge >= 0.3 is 0 Å². The Labute approximate surface area is 178 Å². The average molecular weight is 411 g/mol. The SMILES string of the molecule is CCCCOc1ccc(C(=O)N2CCC(NC(=O)c3ccccc3)CC2)cc1OC. The number of hydrogen-bond donors (Lipinski definition) is 1. The van der Waals surface area contributed by atoms with Crippen LogP contribution in [0.4, 0.5) is 0 Å². The molecule has 2 aromatic carbocycles. The first-order chi connectivity index (χ1) is 14.6. The minimum Gasteiger partial charge on any atom is -0.493 e. The van der Waals surface area contributed by atoms with E-state index in [2.05, 4.69) is 12.2 Å². The predicted octanol–water partition coefficient (Wildman–Crippen LogP) is 3.91. The van der Waals surface area contributed by atoms with Crippen LogP contribution >= 0.6 is 0 Å². The van der Waals surface area contributed by atoms with Crippen LogP contribution in [0.5, 0.6) is 11.5 Å². The zero-order valence-electron chi connectivity index (χ0n) is 17.7. The molecule has 0 bridgehead atoms. The van der Waals surface area contributed by atoms with Gasteiger partial charge in [0.25, 0.3) is 11.8 Å². The van der Waals surface area contributed by atoms with Gasteiger partial charge in [-0.25, -0.2) is 0 Å². The Bertz CT molecular complexity index is 846. The molecule has 2 aromatic rings. The molecule has 0 unspecified atom stereocenters. The third-order valence-electron chi connectivity index (χ3n) is 5.32.